The molecule has 1 aliphatic rings. The van der Waals surface area contributed by atoms with Crippen LogP contribution in [-0.2, 0) is 4.74 Å². The first-order valence-electron chi connectivity index (χ1n) is 5.70. The molecule has 6 nitrogen and oxygen atoms in total. The van der Waals surface area contributed by atoms with Crippen LogP contribution in [0.15, 0.2) is 24.5 Å². The number of anilines is 1. The largest absolute Gasteiger partial charge is 0.379 e. The fraction of sp³-hybridized carbons (Fsp3) is 0.364. The van der Waals surface area contributed by atoms with Crippen LogP contribution < -0.4 is 5.32 Å². The van der Waals surface area contributed by atoms with E-state index in [9.17, 15) is 4.39 Å². The summed E-state index contributed by atoms with van der Waals surface area (Å²) >= 11 is 0. The average molecular weight is 249 g/mol. The van der Waals surface area contributed by atoms with Gasteiger partial charge < -0.3 is 10.1 Å². The molecule has 1 unspecified atom stereocenters. The monoisotopic (exact) mass is 249 g/mol. The molecule has 0 amide bonds. The molecule has 1 fully saturated rings. The van der Waals surface area contributed by atoms with Gasteiger partial charge in [-0.25, -0.2) is 9.07 Å². The highest BCUT2D eigenvalue weighted by atomic mass is 19.1. The van der Waals surface area contributed by atoms with Crippen molar-refractivity contribution in [1.29, 1.82) is 0 Å². The summed E-state index contributed by atoms with van der Waals surface area (Å²) in [7, 11) is 0. The second kappa shape index (κ2) is 4.69. The number of hydrogen-bond donors (Lipinski definition) is 1. The van der Waals surface area contributed by atoms with E-state index in [0.717, 1.165) is 6.42 Å². The Morgan fingerprint density at radius 2 is 2.39 bits per heavy atom. The summed E-state index contributed by atoms with van der Waals surface area (Å²) in [5, 5.41) is 14.0. The number of ether oxygens (including phenoxy) is 1. The molecule has 3 rings (SSSR count). The van der Waals surface area contributed by atoms with Crippen molar-refractivity contribution in [2.45, 2.75) is 12.5 Å². The van der Waals surface area contributed by atoms with Gasteiger partial charge in [0.05, 0.1) is 24.0 Å². The molecule has 1 aromatic carbocycles. The van der Waals surface area contributed by atoms with Crippen molar-refractivity contribution in [3.05, 3.63) is 30.3 Å². The zero-order valence-corrected chi connectivity index (χ0v) is 9.58. The molecule has 94 valence electrons. The number of benzene rings is 1. The standard InChI is InChI=1S/C11H12FN5O/c12-10-2-1-9(17-7-13-15-16-17)5-11(10)14-8-3-4-18-6-8/h1-2,5,7-8,14H,3-4,6H2. The number of nitrogens with zero attached hydrogens (tertiary/aromatic N) is 4. The minimum atomic E-state index is -0.293. The number of tetrazole rings is 1. The lowest BCUT2D eigenvalue weighted by atomic mass is 10.2. The van der Waals surface area contributed by atoms with Crippen molar-refractivity contribution in [1.82, 2.24) is 20.2 Å². The smallest absolute Gasteiger partial charge is 0.146 e. The van der Waals surface area contributed by atoms with Crippen LogP contribution in [-0.4, -0.2) is 39.5 Å². The van der Waals surface area contributed by atoms with Gasteiger partial charge in [-0.2, -0.15) is 0 Å². The summed E-state index contributed by atoms with van der Waals surface area (Å²) in [4.78, 5) is 0. The van der Waals surface area contributed by atoms with Crippen molar-refractivity contribution >= 4 is 5.69 Å². The van der Waals surface area contributed by atoms with E-state index in [1.807, 2.05) is 0 Å². The SMILES string of the molecule is Fc1ccc(-n2cnnn2)cc1NC1CCOC1. The molecular formula is C11H12FN5O. The van der Waals surface area contributed by atoms with Crippen LogP contribution in [0.4, 0.5) is 10.1 Å². The maximum absolute atomic E-state index is 13.7. The Morgan fingerprint density at radius 1 is 1.44 bits per heavy atom. The molecule has 2 aromatic rings. The molecule has 1 atom stereocenters. The van der Waals surface area contributed by atoms with Crippen LogP contribution in [0, 0.1) is 5.82 Å². The highest BCUT2D eigenvalue weighted by Crippen LogP contribution is 2.21. The molecule has 0 radical (unpaired) electrons. The second-order valence-corrected chi connectivity index (χ2v) is 4.12. The Bertz CT molecular complexity index is 524. The fourth-order valence-corrected chi connectivity index (χ4v) is 1.91. The van der Waals surface area contributed by atoms with Crippen LogP contribution >= 0.6 is 0 Å². The molecule has 0 saturated carbocycles. The van der Waals surface area contributed by atoms with Crippen molar-refractivity contribution in [2.75, 3.05) is 18.5 Å². The summed E-state index contributed by atoms with van der Waals surface area (Å²) in [6, 6.07) is 4.87. The Balaban J connectivity index is 1.86. The van der Waals surface area contributed by atoms with Gasteiger partial charge in [0.25, 0.3) is 0 Å². The molecule has 0 bridgehead atoms. The lowest BCUT2D eigenvalue weighted by molar-refractivity contribution is 0.195. The third-order valence-electron chi connectivity index (χ3n) is 2.85. The molecule has 1 N–H and O–H groups in total. The quantitative estimate of drug-likeness (QED) is 0.879. The van der Waals surface area contributed by atoms with Crippen molar-refractivity contribution in [3.63, 3.8) is 0 Å². The van der Waals surface area contributed by atoms with E-state index in [0.29, 0.717) is 24.6 Å². The van der Waals surface area contributed by atoms with E-state index in [4.69, 9.17) is 4.74 Å². The van der Waals surface area contributed by atoms with Gasteiger partial charge in [-0.1, -0.05) is 0 Å². The Kier molecular flexibility index (Phi) is 2.89. The predicted molar refractivity (Wildman–Crippen MR) is 62.0 cm³/mol. The Hall–Kier alpha value is -2.02. The third-order valence-corrected chi connectivity index (χ3v) is 2.85. The number of rotatable bonds is 3. The van der Waals surface area contributed by atoms with E-state index in [1.165, 1.54) is 17.1 Å². The molecule has 0 aliphatic carbocycles. The van der Waals surface area contributed by atoms with Crippen molar-refractivity contribution in [2.24, 2.45) is 0 Å². The number of aromatic nitrogens is 4. The number of halogens is 1. The Labute approximate surface area is 103 Å². The van der Waals surface area contributed by atoms with E-state index in [1.54, 1.807) is 12.1 Å². The molecule has 1 aromatic heterocycles. The maximum Gasteiger partial charge on any atom is 0.146 e. The predicted octanol–water partition coefficient (Wildman–Crippen LogP) is 1.00. The van der Waals surface area contributed by atoms with Crippen LogP contribution in [0.1, 0.15) is 6.42 Å². The van der Waals surface area contributed by atoms with Gasteiger partial charge in [0.15, 0.2) is 0 Å². The summed E-state index contributed by atoms with van der Waals surface area (Å²) in [5.41, 5.74) is 1.15. The van der Waals surface area contributed by atoms with Gasteiger partial charge in [-0.15, -0.1) is 5.10 Å². The minimum absolute atomic E-state index is 0.156. The summed E-state index contributed by atoms with van der Waals surface area (Å²) in [5.74, 6) is -0.293. The molecular weight excluding hydrogens is 237 g/mol. The van der Waals surface area contributed by atoms with E-state index >= 15 is 0 Å². The van der Waals surface area contributed by atoms with Crippen molar-refractivity contribution in [3.8, 4) is 5.69 Å². The van der Waals surface area contributed by atoms with E-state index in [-0.39, 0.29) is 11.9 Å². The molecule has 1 aliphatic heterocycles. The van der Waals surface area contributed by atoms with Gasteiger partial charge in [-0.3, -0.25) is 0 Å². The summed E-state index contributed by atoms with van der Waals surface area (Å²) < 4.78 is 20.4. The zero-order valence-electron chi connectivity index (χ0n) is 9.58. The van der Waals surface area contributed by atoms with Crippen LogP contribution in [0.2, 0.25) is 0 Å². The van der Waals surface area contributed by atoms with Gasteiger partial charge in [0, 0.05) is 6.61 Å². The average Bonchev–Trinajstić information content (AvgIpc) is 3.04. The topological polar surface area (TPSA) is 64.9 Å². The first-order valence-corrected chi connectivity index (χ1v) is 5.70. The molecule has 2 heterocycles. The highest BCUT2D eigenvalue weighted by Gasteiger charge is 2.17. The van der Waals surface area contributed by atoms with E-state index < -0.39 is 0 Å². The second-order valence-electron chi connectivity index (χ2n) is 4.12. The van der Waals surface area contributed by atoms with Gasteiger partial charge in [-0.05, 0) is 35.0 Å². The van der Waals surface area contributed by atoms with Gasteiger partial charge in [0.2, 0.25) is 0 Å². The lowest BCUT2D eigenvalue weighted by Gasteiger charge is -2.13. The fourth-order valence-electron chi connectivity index (χ4n) is 1.91. The summed E-state index contributed by atoms with van der Waals surface area (Å²) in [6.45, 7) is 1.32. The van der Waals surface area contributed by atoms with Crippen LogP contribution in [0.5, 0.6) is 0 Å². The minimum Gasteiger partial charge on any atom is -0.379 e. The lowest BCUT2D eigenvalue weighted by Crippen LogP contribution is -2.19. The first-order chi connectivity index (χ1) is 8.83. The highest BCUT2D eigenvalue weighted by molar-refractivity contribution is 5.52. The molecule has 0 spiro atoms. The summed E-state index contributed by atoms with van der Waals surface area (Å²) in [6.07, 6.45) is 2.35. The first kappa shape index (κ1) is 11.1. The number of nitrogens with one attached hydrogen (secondary N) is 1. The number of hydrogen-bond acceptors (Lipinski definition) is 5. The van der Waals surface area contributed by atoms with Crippen molar-refractivity contribution < 1.29 is 9.13 Å². The maximum atomic E-state index is 13.7. The third kappa shape index (κ3) is 2.17. The van der Waals surface area contributed by atoms with Gasteiger partial charge >= 0.3 is 0 Å². The van der Waals surface area contributed by atoms with Crippen LogP contribution in [0.25, 0.3) is 5.69 Å². The Morgan fingerprint density at radius 3 is 3.11 bits per heavy atom. The normalized spacial score (nSPS) is 19.1. The zero-order chi connectivity index (χ0) is 12.4. The van der Waals surface area contributed by atoms with Crippen LogP contribution in [0.3, 0.4) is 0 Å². The molecule has 1 saturated heterocycles. The molecule has 18 heavy (non-hydrogen) atoms. The molecule has 7 heteroatoms. The van der Waals surface area contributed by atoms with E-state index in [2.05, 4.69) is 20.8 Å². The van der Waals surface area contributed by atoms with Gasteiger partial charge in [0.1, 0.15) is 12.1 Å².